The van der Waals surface area contributed by atoms with Gasteiger partial charge in [0.05, 0.1) is 0 Å². The van der Waals surface area contributed by atoms with E-state index in [2.05, 4.69) is 11.8 Å². The second-order valence-corrected chi connectivity index (χ2v) is 5.55. The van der Waals surface area contributed by atoms with Crippen molar-refractivity contribution in [2.75, 3.05) is 19.7 Å². The summed E-state index contributed by atoms with van der Waals surface area (Å²) in [7, 11) is 0. The van der Waals surface area contributed by atoms with Crippen molar-refractivity contribution in [1.29, 1.82) is 0 Å². The molecule has 1 aliphatic rings. The molecule has 0 atom stereocenters. The van der Waals surface area contributed by atoms with Crippen LogP contribution in [0.5, 0.6) is 0 Å². The fraction of sp³-hybridized carbons (Fsp3) is 0.500. The number of hydrogen-bond acceptors (Lipinski definition) is 2. The van der Waals surface area contributed by atoms with Crippen molar-refractivity contribution in [3.8, 4) is 11.8 Å². The van der Waals surface area contributed by atoms with E-state index in [4.69, 9.17) is 5.11 Å². The lowest BCUT2D eigenvalue weighted by molar-refractivity contribution is 0.0742. The molecule has 2 rings (SSSR count). The first-order chi connectivity index (χ1) is 10.2. The van der Waals surface area contributed by atoms with Crippen LogP contribution < -0.4 is 0 Å². The van der Waals surface area contributed by atoms with Crippen LogP contribution in [-0.2, 0) is 0 Å². The minimum Gasteiger partial charge on any atom is -0.384 e. The van der Waals surface area contributed by atoms with E-state index in [1.807, 2.05) is 30.0 Å². The standard InChI is InChI=1S/C18H23NO2/c1-15-9-10-17(14-16(15)8-7-13-20)18(21)19-11-5-3-2-4-6-12-19/h9-10,14,20H,2-6,11-13H2,1H3. The van der Waals surface area contributed by atoms with Gasteiger partial charge in [-0.05, 0) is 37.5 Å². The normalized spacial score (nSPS) is 15.6. The molecule has 0 unspecified atom stereocenters. The van der Waals surface area contributed by atoms with Crippen molar-refractivity contribution in [2.24, 2.45) is 0 Å². The van der Waals surface area contributed by atoms with Crippen LogP contribution in [0, 0.1) is 18.8 Å². The highest BCUT2D eigenvalue weighted by Gasteiger charge is 2.17. The molecule has 1 aromatic carbocycles. The average molecular weight is 285 g/mol. The van der Waals surface area contributed by atoms with Crippen molar-refractivity contribution >= 4 is 5.91 Å². The molecule has 1 N–H and O–H groups in total. The number of carbonyl (C=O) groups excluding carboxylic acids is 1. The Bertz CT molecular complexity index is 546. The fourth-order valence-corrected chi connectivity index (χ4v) is 2.66. The highest BCUT2D eigenvalue weighted by Crippen LogP contribution is 2.16. The molecule has 1 amide bonds. The minimum absolute atomic E-state index is 0.101. The summed E-state index contributed by atoms with van der Waals surface area (Å²) in [5, 5.41) is 8.81. The van der Waals surface area contributed by atoms with Gasteiger partial charge >= 0.3 is 0 Å². The molecule has 21 heavy (non-hydrogen) atoms. The molecule has 0 saturated carbocycles. The van der Waals surface area contributed by atoms with Crippen LogP contribution >= 0.6 is 0 Å². The lowest BCUT2D eigenvalue weighted by atomic mass is 10.0. The summed E-state index contributed by atoms with van der Waals surface area (Å²) in [4.78, 5) is 14.6. The van der Waals surface area contributed by atoms with Gasteiger partial charge in [-0.3, -0.25) is 4.79 Å². The predicted octanol–water partition coefficient (Wildman–Crippen LogP) is 2.75. The summed E-state index contributed by atoms with van der Waals surface area (Å²) in [6, 6.07) is 5.65. The first kappa shape index (κ1) is 15.6. The SMILES string of the molecule is Cc1ccc(C(=O)N2CCCCCCC2)cc1C#CCO. The predicted molar refractivity (Wildman–Crippen MR) is 84.1 cm³/mol. The van der Waals surface area contributed by atoms with Crippen molar-refractivity contribution in [3.63, 3.8) is 0 Å². The van der Waals surface area contributed by atoms with Crippen molar-refractivity contribution < 1.29 is 9.90 Å². The van der Waals surface area contributed by atoms with Gasteiger partial charge < -0.3 is 10.0 Å². The van der Waals surface area contributed by atoms with E-state index >= 15 is 0 Å². The van der Waals surface area contributed by atoms with Crippen molar-refractivity contribution in [3.05, 3.63) is 34.9 Å². The van der Waals surface area contributed by atoms with Crippen LogP contribution in [0.1, 0.15) is 53.6 Å². The number of benzene rings is 1. The summed E-state index contributed by atoms with van der Waals surface area (Å²) < 4.78 is 0. The van der Waals surface area contributed by atoms with Gasteiger partial charge in [-0.2, -0.15) is 0 Å². The maximum absolute atomic E-state index is 12.6. The molecule has 1 saturated heterocycles. The van der Waals surface area contributed by atoms with Crippen LogP contribution in [0.25, 0.3) is 0 Å². The van der Waals surface area contributed by atoms with Crippen molar-refractivity contribution in [1.82, 2.24) is 4.90 Å². The molecular weight excluding hydrogens is 262 g/mol. The smallest absolute Gasteiger partial charge is 0.253 e. The molecule has 0 radical (unpaired) electrons. The van der Waals surface area contributed by atoms with Crippen LogP contribution in [0.4, 0.5) is 0 Å². The van der Waals surface area contributed by atoms with Gasteiger partial charge in [0.1, 0.15) is 6.61 Å². The monoisotopic (exact) mass is 285 g/mol. The van der Waals surface area contributed by atoms with E-state index in [1.54, 1.807) is 0 Å². The number of rotatable bonds is 1. The topological polar surface area (TPSA) is 40.5 Å². The minimum atomic E-state index is -0.163. The summed E-state index contributed by atoms with van der Waals surface area (Å²) in [6.45, 7) is 3.50. The Balaban J connectivity index is 2.17. The molecule has 1 heterocycles. The van der Waals surface area contributed by atoms with E-state index < -0.39 is 0 Å². The Hall–Kier alpha value is -1.79. The molecule has 1 fully saturated rings. The summed E-state index contributed by atoms with van der Waals surface area (Å²) in [5.41, 5.74) is 2.55. The molecule has 1 aliphatic heterocycles. The van der Waals surface area contributed by atoms with E-state index in [-0.39, 0.29) is 12.5 Å². The summed E-state index contributed by atoms with van der Waals surface area (Å²) in [6.07, 6.45) is 5.90. The molecule has 0 aliphatic carbocycles. The maximum Gasteiger partial charge on any atom is 0.253 e. The number of nitrogens with zero attached hydrogens (tertiary/aromatic N) is 1. The lowest BCUT2D eigenvalue weighted by Gasteiger charge is -2.25. The van der Waals surface area contributed by atoms with Gasteiger partial charge in [-0.15, -0.1) is 0 Å². The van der Waals surface area contributed by atoms with Gasteiger partial charge in [0.15, 0.2) is 0 Å². The van der Waals surface area contributed by atoms with Crippen LogP contribution in [0.15, 0.2) is 18.2 Å². The highest BCUT2D eigenvalue weighted by molar-refractivity contribution is 5.94. The first-order valence-corrected chi connectivity index (χ1v) is 7.72. The molecular formula is C18H23NO2. The number of aliphatic hydroxyl groups is 1. The summed E-state index contributed by atoms with van der Waals surface area (Å²) in [5.74, 6) is 5.66. The molecule has 3 heteroatoms. The zero-order chi connectivity index (χ0) is 15.1. The molecule has 0 spiro atoms. The zero-order valence-corrected chi connectivity index (χ0v) is 12.7. The number of carbonyl (C=O) groups is 1. The van der Waals surface area contributed by atoms with Gasteiger partial charge in [-0.1, -0.05) is 37.2 Å². The molecule has 1 aromatic rings. The van der Waals surface area contributed by atoms with E-state index in [9.17, 15) is 4.79 Å². The third kappa shape index (κ3) is 4.34. The van der Waals surface area contributed by atoms with Gasteiger partial charge in [0, 0.05) is 24.2 Å². The van der Waals surface area contributed by atoms with Gasteiger partial charge in [0.2, 0.25) is 0 Å². The number of aliphatic hydroxyl groups excluding tert-OH is 1. The third-order valence-electron chi connectivity index (χ3n) is 3.93. The van der Waals surface area contributed by atoms with E-state index in [0.29, 0.717) is 5.56 Å². The zero-order valence-electron chi connectivity index (χ0n) is 12.7. The molecule has 0 aromatic heterocycles. The third-order valence-corrected chi connectivity index (χ3v) is 3.93. The maximum atomic E-state index is 12.6. The van der Waals surface area contributed by atoms with E-state index in [0.717, 1.165) is 37.1 Å². The number of likely N-dealkylation sites (tertiary alicyclic amines) is 1. The largest absolute Gasteiger partial charge is 0.384 e. The van der Waals surface area contributed by atoms with E-state index in [1.165, 1.54) is 19.3 Å². The Morgan fingerprint density at radius 2 is 1.86 bits per heavy atom. The summed E-state index contributed by atoms with van der Waals surface area (Å²) >= 11 is 0. The number of aryl methyl sites for hydroxylation is 1. The van der Waals surface area contributed by atoms with Crippen LogP contribution in [0.3, 0.4) is 0 Å². The fourth-order valence-electron chi connectivity index (χ4n) is 2.66. The number of amides is 1. The van der Waals surface area contributed by atoms with Gasteiger partial charge in [0.25, 0.3) is 5.91 Å². The Morgan fingerprint density at radius 3 is 2.52 bits per heavy atom. The molecule has 112 valence electrons. The Morgan fingerprint density at radius 1 is 1.19 bits per heavy atom. The van der Waals surface area contributed by atoms with Crippen LogP contribution in [-0.4, -0.2) is 35.6 Å². The quantitative estimate of drug-likeness (QED) is 0.806. The molecule has 0 bridgehead atoms. The Labute approximate surface area is 127 Å². The molecule has 3 nitrogen and oxygen atoms in total. The van der Waals surface area contributed by atoms with Crippen LogP contribution in [0.2, 0.25) is 0 Å². The highest BCUT2D eigenvalue weighted by atomic mass is 16.2. The van der Waals surface area contributed by atoms with Crippen molar-refractivity contribution in [2.45, 2.75) is 39.0 Å². The second-order valence-electron chi connectivity index (χ2n) is 5.55. The second kappa shape index (κ2) is 7.85. The number of hydrogen-bond donors (Lipinski definition) is 1. The lowest BCUT2D eigenvalue weighted by Crippen LogP contribution is -2.33. The Kier molecular flexibility index (Phi) is 5.83. The first-order valence-electron chi connectivity index (χ1n) is 7.72. The average Bonchev–Trinajstić information content (AvgIpc) is 2.45. The van der Waals surface area contributed by atoms with Gasteiger partial charge in [-0.25, -0.2) is 0 Å².